The molecule has 0 bridgehead atoms. The lowest BCUT2D eigenvalue weighted by Gasteiger charge is -2.09. The van der Waals surface area contributed by atoms with Crippen molar-refractivity contribution >= 4 is 78.9 Å². The summed E-state index contributed by atoms with van der Waals surface area (Å²) in [4.78, 5) is 16.7. The maximum Gasteiger partial charge on any atom is 0.256 e. The standard InChI is InChI=1S/C14H7Cl2IN2OS/c15-7-1-3-10(17)8(5-7)14(20)19-12-9(16)2-4-11-13(12)18-6-21-11/h1-6H,(H,19,20). The number of benzene rings is 2. The van der Waals surface area contributed by atoms with E-state index >= 15 is 0 Å². The van der Waals surface area contributed by atoms with Gasteiger partial charge in [-0.15, -0.1) is 11.3 Å². The molecule has 106 valence electrons. The molecule has 3 rings (SSSR count). The number of amides is 1. The van der Waals surface area contributed by atoms with E-state index in [0.717, 1.165) is 8.27 Å². The van der Waals surface area contributed by atoms with Crippen molar-refractivity contribution in [2.75, 3.05) is 5.32 Å². The average Bonchev–Trinajstić information content (AvgIpc) is 2.93. The van der Waals surface area contributed by atoms with Gasteiger partial charge in [-0.05, 0) is 52.9 Å². The summed E-state index contributed by atoms with van der Waals surface area (Å²) in [5, 5.41) is 3.80. The van der Waals surface area contributed by atoms with E-state index in [9.17, 15) is 4.79 Å². The maximum atomic E-state index is 12.4. The van der Waals surface area contributed by atoms with Gasteiger partial charge in [-0.2, -0.15) is 0 Å². The molecule has 2 aromatic carbocycles. The second-order valence-electron chi connectivity index (χ2n) is 4.20. The van der Waals surface area contributed by atoms with Gasteiger partial charge in [0.25, 0.3) is 5.91 Å². The zero-order chi connectivity index (χ0) is 15.0. The fourth-order valence-electron chi connectivity index (χ4n) is 1.88. The molecule has 21 heavy (non-hydrogen) atoms. The fraction of sp³-hybridized carbons (Fsp3) is 0. The van der Waals surface area contributed by atoms with Gasteiger partial charge in [-0.3, -0.25) is 4.79 Å². The Labute approximate surface area is 148 Å². The number of aromatic nitrogens is 1. The smallest absolute Gasteiger partial charge is 0.256 e. The highest BCUT2D eigenvalue weighted by Crippen LogP contribution is 2.33. The van der Waals surface area contributed by atoms with Gasteiger partial charge >= 0.3 is 0 Å². The Balaban J connectivity index is 2.02. The summed E-state index contributed by atoms with van der Waals surface area (Å²) in [7, 11) is 0. The van der Waals surface area contributed by atoms with Crippen LogP contribution in [0.1, 0.15) is 10.4 Å². The number of rotatable bonds is 2. The first-order valence-corrected chi connectivity index (χ1v) is 8.56. The van der Waals surface area contributed by atoms with Crippen LogP contribution in [0.4, 0.5) is 5.69 Å². The van der Waals surface area contributed by atoms with Crippen LogP contribution in [0, 0.1) is 3.57 Å². The van der Waals surface area contributed by atoms with E-state index < -0.39 is 0 Å². The second-order valence-corrected chi connectivity index (χ2v) is 7.09. The van der Waals surface area contributed by atoms with Crippen LogP contribution in [-0.2, 0) is 0 Å². The Morgan fingerprint density at radius 1 is 1.24 bits per heavy atom. The molecule has 0 fully saturated rings. The SMILES string of the molecule is O=C(Nc1c(Cl)ccc2scnc12)c1cc(Cl)ccc1I. The molecule has 7 heteroatoms. The molecule has 0 aliphatic rings. The van der Waals surface area contributed by atoms with Crippen LogP contribution in [0.5, 0.6) is 0 Å². The predicted molar refractivity (Wildman–Crippen MR) is 96.8 cm³/mol. The minimum Gasteiger partial charge on any atom is -0.319 e. The van der Waals surface area contributed by atoms with Gasteiger partial charge in [0.15, 0.2) is 0 Å². The Kier molecular flexibility index (Phi) is 4.35. The minimum atomic E-state index is -0.260. The van der Waals surface area contributed by atoms with Crippen molar-refractivity contribution in [3.8, 4) is 0 Å². The normalized spacial score (nSPS) is 10.8. The van der Waals surface area contributed by atoms with Crippen LogP contribution >= 0.6 is 57.1 Å². The number of carbonyl (C=O) groups excluding carboxylic acids is 1. The molecule has 1 aromatic heterocycles. The van der Waals surface area contributed by atoms with Gasteiger partial charge in [0.05, 0.1) is 26.5 Å². The van der Waals surface area contributed by atoms with Gasteiger partial charge in [0, 0.05) is 8.59 Å². The number of hydrogen-bond acceptors (Lipinski definition) is 3. The maximum absolute atomic E-state index is 12.4. The zero-order valence-electron chi connectivity index (χ0n) is 10.4. The highest BCUT2D eigenvalue weighted by molar-refractivity contribution is 14.1. The third-order valence-electron chi connectivity index (χ3n) is 2.86. The third-order valence-corrected chi connectivity index (χ3v) is 5.15. The molecule has 0 aliphatic carbocycles. The fourth-order valence-corrected chi connectivity index (χ4v) is 3.51. The lowest BCUT2D eigenvalue weighted by molar-refractivity contribution is 0.102. The summed E-state index contributed by atoms with van der Waals surface area (Å²) < 4.78 is 1.78. The van der Waals surface area contributed by atoms with Crippen LogP contribution in [0.25, 0.3) is 10.2 Å². The van der Waals surface area contributed by atoms with Crippen molar-refractivity contribution < 1.29 is 4.79 Å². The Morgan fingerprint density at radius 2 is 2.05 bits per heavy atom. The Bertz CT molecular complexity index is 850. The summed E-state index contributed by atoms with van der Waals surface area (Å²) in [6.45, 7) is 0. The molecule has 1 amide bonds. The van der Waals surface area contributed by atoms with Crippen LogP contribution in [0.2, 0.25) is 10.0 Å². The molecule has 0 spiro atoms. The van der Waals surface area contributed by atoms with Gasteiger partial charge in [0.2, 0.25) is 0 Å². The average molecular weight is 449 g/mol. The first kappa shape index (κ1) is 15.0. The molecule has 0 unspecified atom stereocenters. The number of nitrogens with one attached hydrogen (secondary N) is 1. The molecule has 3 nitrogen and oxygen atoms in total. The Morgan fingerprint density at radius 3 is 2.86 bits per heavy atom. The van der Waals surface area contributed by atoms with E-state index in [-0.39, 0.29) is 5.91 Å². The monoisotopic (exact) mass is 448 g/mol. The number of halogens is 3. The molecule has 0 saturated carbocycles. The van der Waals surface area contributed by atoms with E-state index in [4.69, 9.17) is 23.2 Å². The molecule has 3 aromatic rings. The van der Waals surface area contributed by atoms with E-state index in [1.165, 1.54) is 11.3 Å². The number of nitrogens with zero attached hydrogens (tertiary/aromatic N) is 1. The van der Waals surface area contributed by atoms with Gasteiger partial charge in [0.1, 0.15) is 5.52 Å². The number of anilines is 1. The molecule has 0 aliphatic heterocycles. The van der Waals surface area contributed by atoms with Crippen LogP contribution in [0.3, 0.4) is 0 Å². The van der Waals surface area contributed by atoms with Crippen molar-refractivity contribution in [2.45, 2.75) is 0 Å². The highest BCUT2D eigenvalue weighted by atomic mass is 127. The van der Waals surface area contributed by atoms with Crippen molar-refractivity contribution in [3.05, 3.63) is 55.0 Å². The van der Waals surface area contributed by atoms with E-state index in [1.54, 1.807) is 29.8 Å². The van der Waals surface area contributed by atoms with Crippen molar-refractivity contribution in [2.24, 2.45) is 0 Å². The highest BCUT2D eigenvalue weighted by Gasteiger charge is 2.15. The lowest BCUT2D eigenvalue weighted by atomic mass is 10.2. The zero-order valence-corrected chi connectivity index (χ0v) is 14.8. The topological polar surface area (TPSA) is 42.0 Å². The van der Waals surface area contributed by atoms with Crippen molar-refractivity contribution in [3.63, 3.8) is 0 Å². The second kappa shape index (κ2) is 6.08. The number of carbonyl (C=O) groups is 1. The van der Waals surface area contributed by atoms with Gasteiger partial charge in [-0.1, -0.05) is 23.2 Å². The molecule has 0 atom stereocenters. The first-order valence-electron chi connectivity index (χ1n) is 5.84. The van der Waals surface area contributed by atoms with E-state index in [0.29, 0.717) is 26.8 Å². The minimum absolute atomic E-state index is 0.260. The summed E-state index contributed by atoms with van der Waals surface area (Å²) in [5.74, 6) is -0.260. The molecular weight excluding hydrogens is 442 g/mol. The molecule has 0 radical (unpaired) electrons. The van der Waals surface area contributed by atoms with E-state index in [2.05, 4.69) is 32.9 Å². The largest absolute Gasteiger partial charge is 0.319 e. The number of hydrogen-bond donors (Lipinski definition) is 1. The van der Waals surface area contributed by atoms with Crippen molar-refractivity contribution in [1.29, 1.82) is 0 Å². The quantitative estimate of drug-likeness (QED) is 0.529. The summed E-state index contributed by atoms with van der Waals surface area (Å²) in [5.41, 5.74) is 3.44. The molecule has 0 saturated heterocycles. The van der Waals surface area contributed by atoms with Crippen molar-refractivity contribution in [1.82, 2.24) is 4.98 Å². The van der Waals surface area contributed by atoms with Crippen LogP contribution < -0.4 is 5.32 Å². The third kappa shape index (κ3) is 3.01. The first-order chi connectivity index (χ1) is 10.1. The van der Waals surface area contributed by atoms with Crippen LogP contribution in [0.15, 0.2) is 35.8 Å². The predicted octanol–water partition coefficient (Wildman–Crippen LogP) is 5.46. The number of thiazole rings is 1. The molecule has 1 N–H and O–H groups in total. The molecular formula is C14H7Cl2IN2OS. The van der Waals surface area contributed by atoms with Crippen LogP contribution in [-0.4, -0.2) is 10.9 Å². The summed E-state index contributed by atoms with van der Waals surface area (Å²) in [6.07, 6.45) is 0. The summed E-state index contributed by atoms with van der Waals surface area (Å²) in [6, 6.07) is 8.81. The Hall–Kier alpha value is -0.890. The lowest BCUT2D eigenvalue weighted by Crippen LogP contribution is -2.14. The number of fused-ring (bicyclic) bond motifs is 1. The molecule has 1 heterocycles. The van der Waals surface area contributed by atoms with Gasteiger partial charge in [-0.25, -0.2) is 4.98 Å². The van der Waals surface area contributed by atoms with E-state index in [1.807, 2.05) is 6.07 Å². The summed E-state index contributed by atoms with van der Waals surface area (Å²) >= 11 is 15.7. The van der Waals surface area contributed by atoms with Gasteiger partial charge < -0.3 is 5.32 Å².